The summed E-state index contributed by atoms with van der Waals surface area (Å²) in [5.41, 5.74) is 7.36. The number of benzene rings is 4. The van der Waals surface area contributed by atoms with E-state index in [9.17, 15) is 18.0 Å². The van der Waals surface area contributed by atoms with Crippen molar-refractivity contribution in [3.8, 4) is 16.9 Å². The largest absolute Gasteiger partial charge is 0.489 e. The number of likely N-dealkylation sites (tertiary alicyclic amines) is 1. The molecule has 0 radical (unpaired) electrons. The topological polar surface area (TPSA) is 79.4 Å². The second kappa shape index (κ2) is 14.1. The number of carbonyl (C=O) groups excluding carboxylic acids is 1. The molecule has 1 amide bonds. The minimum absolute atomic E-state index is 0.00218. The van der Waals surface area contributed by atoms with Crippen LogP contribution in [0.1, 0.15) is 70.8 Å². The van der Waals surface area contributed by atoms with Crippen molar-refractivity contribution in [3.05, 3.63) is 106 Å². The van der Waals surface area contributed by atoms with Gasteiger partial charge in [0.1, 0.15) is 5.75 Å². The van der Waals surface area contributed by atoms with Gasteiger partial charge in [0.05, 0.1) is 22.9 Å². The summed E-state index contributed by atoms with van der Waals surface area (Å²) in [4.78, 5) is 24.8. The van der Waals surface area contributed by atoms with Crippen LogP contribution in [-0.2, 0) is 6.18 Å². The Bertz CT molecular complexity index is 2050. The zero-order chi connectivity index (χ0) is 35.7. The Labute approximate surface area is 290 Å². The number of fused-ring (bicyclic) bond motifs is 1. The number of amides is 1. The number of nitrogens with one attached hydrogen (secondary N) is 2. The fraction of sp³-hybridized carbons (Fsp3) is 0.325. The van der Waals surface area contributed by atoms with Crippen molar-refractivity contribution in [2.75, 3.05) is 30.8 Å². The maximum absolute atomic E-state index is 13.2. The highest BCUT2D eigenvalue weighted by molar-refractivity contribution is 6.04. The maximum atomic E-state index is 13.2. The van der Waals surface area contributed by atoms with Crippen LogP contribution < -0.4 is 15.4 Å². The average Bonchev–Trinajstić information content (AvgIpc) is 3.07. The van der Waals surface area contributed by atoms with Crippen LogP contribution in [0.25, 0.3) is 22.0 Å². The second-order valence-corrected chi connectivity index (χ2v) is 13.6. The lowest BCUT2D eigenvalue weighted by Crippen LogP contribution is -2.29. The number of alkyl halides is 3. The molecular formula is C40H42F3N5O2. The smallest absolute Gasteiger partial charge is 0.416 e. The summed E-state index contributed by atoms with van der Waals surface area (Å²) in [6.07, 6.45) is -0.503. The van der Waals surface area contributed by atoms with Gasteiger partial charge in [0, 0.05) is 22.8 Å². The molecule has 4 aromatic carbocycles. The van der Waals surface area contributed by atoms with Crippen LogP contribution in [0.2, 0.25) is 0 Å². The van der Waals surface area contributed by atoms with Gasteiger partial charge in [0.25, 0.3) is 5.91 Å². The van der Waals surface area contributed by atoms with E-state index in [4.69, 9.17) is 9.72 Å². The van der Waals surface area contributed by atoms with Crippen LogP contribution in [0.15, 0.2) is 72.9 Å². The summed E-state index contributed by atoms with van der Waals surface area (Å²) >= 11 is 0. The van der Waals surface area contributed by atoms with E-state index in [1.165, 1.54) is 23.3 Å². The van der Waals surface area contributed by atoms with E-state index in [-0.39, 0.29) is 11.7 Å². The number of carbonyl (C=O) groups is 1. The number of anilines is 3. The van der Waals surface area contributed by atoms with Crippen LogP contribution in [0.3, 0.4) is 0 Å². The fourth-order valence-electron chi connectivity index (χ4n) is 6.62. The number of ether oxygens (including phenoxy) is 1. The van der Waals surface area contributed by atoms with Gasteiger partial charge in [0.15, 0.2) is 0 Å². The zero-order valence-electron chi connectivity index (χ0n) is 29.2. The molecule has 2 heterocycles. The lowest BCUT2D eigenvalue weighted by Gasteiger charge is -2.30. The van der Waals surface area contributed by atoms with Gasteiger partial charge in [-0.2, -0.15) is 13.2 Å². The summed E-state index contributed by atoms with van der Waals surface area (Å²) in [7, 11) is 2.17. The number of hydrogen-bond donors (Lipinski definition) is 2. The van der Waals surface area contributed by atoms with E-state index in [0.717, 1.165) is 82.7 Å². The number of nitrogens with zero attached hydrogens (tertiary/aromatic N) is 3. The van der Waals surface area contributed by atoms with Gasteiger partial charge in [-0.05, 0) is 161 Å². The Morgan fingerprint density at radius 2 is 1.70 bits per heavy atom. The standard InChI is InChI=1S/C40H42F3N5O2/c1-23(2)50-36-21-34(27-12-14-48(6)15-13-27)25(4)17-35(36)46-39-44-22-30-18-29(16-26(5)37(30)47-39)33-20-32(11-10-24(33)3)45-38(49)28-8-7-9-31(19-28)40(41,42)43/h7-11,16-23,27H,12-15H2,1-6H3,(H,45,49)(H,44,46,47). The molecule has 1 saturated heterocycles. The van der Waals surface area contributed by atoms with Crippen molar-refractivity contribution >= 4 is 34.1 Å². The molecule has 1 aliphatic rings. The summed E-state index contributed by atoms with van der Waals surface area (Å²) in [6, 6.07) is 18.2. The third-order valence-electron chi connectivity index (χ3n) is 9.27. The first kappa shape index (κ1) is 34.9. The van der Waals surface area contributed by atoms with Gasteiger partial charge in [-0.3, -0.25) is 4.79 Å². The molecule has 260 valence electrons. The van der Waals surface area contributed by atoms with Crippen LogP contribution in [0.4, 0.5) is 30.5 Å². The Morgan fingerprint density at radius 1 is 0.940 bits per heavy atom. The Morgan fingerprint density at radius 3 is 2.42 bits per heavy atom. The monoisotopic (exact) mass is 681 g/mol. The fourth-order valence-corrected chi connectivity index (χ4v) is 6.62. The van der Waals surface area contributed by atoms with Gasteiger partial charge in [0.2, 0.25) is 5.95 Å². The Balaban J connectivity index is 1.26. The molecule has 2 N–H and O–H groups in total. The van der Waals surface area contributed by atoms with Crippen molar-refractivity contribution in [2.24, 2.45) is 0 Å². The Hall–Kier alpha value is -4.96. The molecule has 5 aromatic rings. The summed E-state index contributed by atoms with van der Waals surface area (Å²) in [6.45, 7) is 12.3. The molecule has 10 heteroatoms. The number of rotatable bonds is 8. The lowest BCUT2D eigenvalue weighted by molar-refractivity contribution is -0.137. The molecule has 0 unspecified atom stereocenters. The number of halogens is 3. The van der Waals surface area contributed by atoms with E-state index in [0.29, 0.717) is 17.6 Å². The Kier molecular flexibility index (Phi) is 9.84. The zero-order valence-corrected chi connectivity index (χ0v) is 29.2. The molecule has 0 bridgehead atoms. The molecule has 0 spiro atoms. The number of piperidine rings is 1. The molecule has 1 fully saturated rings. The first-order chi connectivity index (χ1) is 23.7. The number of aromatic nitrogens is 2. The average molecular weight is 682 g/mol. The van der Waals surface area contributed by atoms with Crippen LogP contribution in [0, 0.1) is 20.8 Å². The van der Waals surface area contributed by atoms with Gasteiger partial charge >= 0.3 is 6.18 Å². The van der Waals surface area contributed by atoms with Crippen LogP contribution in [-0.4, -0.2) is 47.0 Å². The van der Waals surface area contributed by atoms with E-state index in [2.05, 4.69) is 46.6 Å². The summed E-state index contributed by atoms with van der Waals surface area (Å²) in [5.74, 6) is 1.12. The van der Waals surface area contributed by atoms with Gasteiger partial charge in [-0.1, -0.05) is 12.1 Å². The minimum Gasteiger partial charge on any atom is -0.489 e. The maximum Gasteiger partial charge on any atom is 0.416 e. The van der Waals surface area contributed by atoms with Crippen molar-refractivity contribution < 1.29 is 22.7 Å². The molecule has 0 atom stereocenters. The van der Waals surface area contributed by atoms with E-state index >= 15 is 0 Å². The number of hydrogen-bond acceptors (Lipinski definition) is 6. The highest BCUT2D eigenvalue weighted by Crippen LogP contribution is 2.38. The van der Waals surface area contributed by atoms with Crippen molar-refractivity contribution in [1.82, 2.24) is 14.9 Å². The lowest BCUT2D eigenvalue weighted by atomic mass is 9.86. The summed E-state index contributed by atoms with van der Waals surface area (Å²) < 4.78 is 45.9. The predicted octanol–water partition coefficient (Wildman–Crippen LogP) is 9.83. The highest BCUT2D eigenvalue weighted by Gasteiger charge is 2.31. The molecule has 6 rings (SSSR count). The highest BCUT2D eigenvalue weighted by atomic mass is 19.4. The third-order valence-corrected chi connectivity index (χ3v) is 9.27. The SMILES string of the molecule is Cc1ccc(NC(=O)c2cccc(C(F)(F)F)c2)cc1-c1cc(C)c2nc(Nc3cc(C)c(C4CCN(C)CC4)cc3OC(C)C)ncc2c1. The van der Waals surface area contributed by atoms with Gasteiger partial charge in [-0.15, -0.1) is 0 Å². The van der Waals surface area contributed by atoms with E-state index in [1.54, 1.807) is 12.3 Å². The van der Waals surface area contributed by atoms with Crippen LogP contribution in [0.5, 0.6) is 5.75 Å². The quantitative estimate of drug-likeness (QED) is 0.170. The van der Waals surface area contributed by atoms with E-state index < -0.39 is 17.6 Å². The van der Waals surface area contributed by atoms with E-state index in [1.807, 2.05) is 52.0 Å². The van der Waals surface area contributed by atoms with Crippen LogP contribution >= 0.6 is 0 Å². The summed E-state index contributed by atoms with van der Waals surface area (Å²) in [5, 5.41) is 7.02. The molecule has 1 aliphatic heterocycles. The molecule has 1 aromatic heterocycles. The molecule has 0 saturated carbocycles. The first-order valence-corrected chi connectivity index (χ1v) is 16.9. The minimum atomic E-state index is -4.54. The molecule has 0 aliphatic carbocycles. The number of aryl methyl sites for hydroxylation is 3. The first-order valence-electron chi connectivity index (χ1n) is 16.9. The molecule has 50 heavy (non-hydrogen) atoms. The van der Waals surface area contributed by atoms with Gasteiger partial charge < -0.3 is 20.3 Å². The van der Waals surface area contributed by atoms with Crippen molar-refractivity contribution in [3.63, 3.8) is 0 Å². The predicted molar refractivity (Wildman–Crippen MR) is 194 cm³/mol. The van der Waals surface area contributed by atoms with Crippen molar-refractivity contribution in [1.29, 1.82) is 0 Å². The van der Waals surface area contributed by atoms with Crippen molar-refractivity contribution in [2.45, 2.75) is 65.7 Å². The normalized spacial score (nSPS) is 14.3. The third kappa shape index (κ3) is 7.75. The molecule has 7 nitrogen and oxygen atoms in total. The second-order valence-electron chi connectivity index (χ2n) is 13.6. The molecular weight excluding hydrogens is 639 g/mol. The van der Waals surface area contributed by atoms with Gasteiger partial charge in [-0.25, -0.2) is 9.97 Å².